The summed E-state index contributed by atoms with van der Waals surface area (Å²) in [7, 11) is 0. The molecule has 0 bridgehead atoms. The summed E-state index contributed by atoms with van der Waals surface area (Å²) < 4.78 is 0. The second-order valence-electron chi connectivity index (χ2n) is 3.09. The first-order valence-corrected chi connectivity index (χ1v) is 4.78. The molecule has 16 heavy (non-hydrogen) atoms. The van der Waals surface area contributed by atoms with Crippen molar-refractivity contribution in [3.8, 4) is 0 Å². The summed E-state index contributed by atoms with van der Waals surface area (Å²) >= 11 is 5.74. The van der Waals surface area contributed by atoms with Gasteiger partial charge in [-0.3, -0.25) is 4.79 Å². The predicted octanol–water partition coefficient (Wildman–Crippen LogP) is 2.28. The summed E-state index contributed by atoms with van der Waals surface area (Å²) in [5, 5.41) is 17.7. The molecular formula is C11H9ClO4. The van der Waals surface area contributed by atoms with Crippen molar-refractivity contribution < 1.29 is 19.8 Å². The summed E-state index contributed by atoms with van der Waals surface area (Å²) in [5.74, 6) is -2.27. The number of carboxylic acids is 2. The number of hydrogen-bond donors (Lipinski definition) is 2. The van der Waals surface area contributed by atoms with E-state index in [9.17, 15) is 9.59 Å². The molecule has 0 radical (unpaired) electrons. The van der Waals surface area contributed by atoms with Gasteiger partial charge in [-0.05, 0) is 23.3 Å². The maximum Gasteiger partial charge on any atom is 0.328 e. The molecule has 0 unspecified atom stereocenters. The quantitative estimate of drug-likeness (QED) is 0.792. The zero-order valence-electron chi connectivity index (χ0n) is 8.18. The monoisotopic (exact) mass is 240 g/mol. The minimum atomic E-state index is -1.18. The molecule has 2 N–H and O–H groups in total. The Morgan fingerprint density at radius 1 is 1.31 bits per heavy atom. The van der Waals surface area contributed by atoms with Crippen LogP contribution < -0.4 is 0 Å². The fourth-order valence-corrected chi connectivity index (χ4v) is 1.43. The first kappa shape index (κ1) is 12.3. The molecule has 1 aromatic rings. The van der Waals surface area contributed by atoms with Gasteiger partial charge in [-0.15, -0.1) is 0 Å². The predicted molar refractivity (Wildman–Crippen MR) is 59.3 cm³/mol. The summed E-state index contributed by atoms with van der Waals surface area (Å²) in [5.41, 5.74) is 0.708. The molecule has 4 nitrogen and oxygen atoms in total. The molecule has 5 heteroatoms. The van der Waals surface area contributed by atoms with Crippen LogP contribution in [0.15, 0.2) is 30.3 Å². The zero-order valence-corrected chi connectivity index (χ0v) is 8.94. The maximum absolute atomic E-state index is 10.6. The lowest BCUT2D eigenvalue weighted by Gasteiger charge is -2.04. The minimum Gasteiger partial charge on any atom is -0.481 e. The van der Waals surface area contributed by atoms with Gasteiger partial charge in [0.25, 0.3) is 0 Å². The molecule has 0 aliphatic rings. The van der Waals surface area contributed by atoms with Crippen LogP contribution in [-0.2, 0) is 9.59 Å². The van der Waals surface area contributed by atoms with Crippen molar-refractivity contribution in [2.45, 2.75) is 6.42 Å². The van der Waals surface area contributed by atoms with Crippen LogP contribution >= 0.6 is 11.6 Å². The van der Waals surface area contributed by atoms with Crippen LogP contribution in [0, 0.1) is 0 Å². The van der Waals surface area contributed by atoms with Crippen molar-refractivity contribution in [3.63, 3.8) is 0 Å². The molecule has 0 aliphatic heterocycles. The van der Waals surface area contributed by atoms with Gasteiger partial charge in [-0.25, -0.2) is 4.79 Å². The van der Waals surface area contributed by atoms with Gasteiger partial charge in [0.15, 0.2) is 0 Å². The van der Waals surface area contributed by atoms with Gasteiger partial charge >= 0.3 is 11.9 Å². The Morgan fingerprint density at radius 2 is 2.00 bits per heavy atom. The normalized spacial score (nSPS) is 11.2. The Hall–Kier alpha value is -1.81. The van der Waals surface area contributed by atoms with Gasteiger partial charge in [-0.1, -0.05) is 23.7 Å². The van der Waals surface area contributed by atoms with Crippen molar-refractivity contribution in [3.05, 3.63) is 40.9 Å². The van der Waals surface area contributed by atoms with E-state index in [-0.39, 0.29) is 12.0 Å². The molecule has 0 aliphatic carbocycles. The van der Waals surface area contributed by atoms with Crippen molar-refractivity contribution in [1.82, 2.24) is 0 Å². The number of hydrogen-bond acceptors (Lipinski definition) is 2. The van der Waals surface area contributed by atoms with Gasteiger partial charge in [0.1, 0.15) is 0 Å². The molecule has 0 aromatic heterocycles. The van der Waals surface area contributed by atoms with E-state index < -0.39 is 11.9 Å². The van der Waals surface area contributed by atoms with Gasteiger partial charge < -0.3 is 10.2 Å². The highest BCUT2D eigenvalue weighted by atomic mass is 35.5. The molecular weight excluding hydrogens is 232 g/mol. The number of aliphatic carboxylic acids is 2. The van der Waals surface area contributed by atoms with Crippen LogP contribution in [0.1, 0.15) is 12.0 Å². The second kappa shape index (κ2) is 5.32. The molecule has 0 atom stereocenters. The van der Waals surface area contributed by atoms with Crippen molar-refractivity contribution in [2.75, 3.05) is 0 Å². The Kier molecular flexibility index (Phi) is 4.08. The van der Waals surface area contributed by atoms with E-state index in [0.29, 0.717) is 10.6 Å². The molecule has 0 saturated heterocycles. The maximum atomic E-state index is 10.6. The van der Waals surface area contributed by atoms with Crippen LogP contribution in [0.5, 0.6) is 0 Å². The lowest BCUT2D eigenvalue weighted by Crippen LogP contribution is -2.00. The van der Waals surface area contributed by atoms with Crippen LogP contribution in [0.2, 0.25) is 5.02 Å². The fraction of sp³-hybridized carbons (Fsp3) is 0.0909. The summed E-state index contributed by atoms with van der Waals surface area (Å²) in [6.45, 7) is 0. The Morgan fingerprint density at radius 3 is 2.50 bits per heavy atom. The molecule has 0 heterocycles. The zero-order chi connectivity index (χ0) is 12.1. The Bertz CT molecular complexity index is 451. The molecule has 0 fully saturated rings. The summed E-state index contributed by atoms with van der Waals surface area (Å²) in [4.78, 5) is 21.1. The molecule has 0 amide bonds. The fourth-order valence-electron chi connectivity index (χ4n) is 1.24. The third-order valence-corrected chi connectivity index (χ3v) is 2.07. The number of carbonyl (C=O) groups is 2. The number of rotatable bonds is 4. The molecule has 84 valence electrons. The highest BCUT2D eigenvalue weighted by Crippen LogP contribution is 2.21. The standard InChI is InChI=1S/C11H9ClO4/c12-9-3-1-2-7(4-9)8(5-10(13)14)6-11(15)16/h1-5H,6H2,(H,13,14)(H,15,16)/b8-5+. The van der Waals surface area contributed by atoms with Crippen molar-refractivity contribution >= 4 is 29.1 Å². The number of benzene rings is 1. The van der Waals surface area contributed by atoms with Gasteiger partial charge in [-0.2, -0.15) is 0 Å². The van der Waals surface area contributed by atoms with E-state index in [1.54, 1.807) is 18.2 Å². The third-order valence-electron chi connectivity index (χ3n) is 1.83. The minimum absolute atomic E-state index is 0.211. The van der Waals surface area contributed by atoms with Gasteiger partial charge in [0, 0.05) is 11.1 Å². The highest BCUT2D eigenvalue weighted by Gasteiger charge is 2.09. The van der Waals surface area contributed by atoms with Crippen LogP contribution in [0.4, 0.5) is 0 Å². The van der Waals surface area contributed by atoms with Crippen LogP contribution in [0.25, 0.3) is 5.57 Å². The van der Waals surface area contributed by atoms with Crippen LogP contribution in [0.3, 0.4) is 0 Å². The van der Waals surface area contributed by atoms with E-state index in [1.165, 1.54) is 6.07 Å². The number of halogens is 1. The number of carboxylic acid groups (broad SMARTS) is 2. The van der Waals surface area contributed by atoms with E-state index >= 15 is 0 Å². The molecule has 0 saturated carbocycles. The Labute approximate surface area is 96.8 Å². The molecule has 0 spiro atoms. The Balaban J connectivity index is 3.11. The highest BCUT2D eigenvalue weighted by molar-refractivity contribution is 6.30. The summed E-state index contributed by atoms with van der Waals surface area (Å²) in [6.07, 6.45) is 0.520. The molecule has 1 aromatic carbocycles. The van der Waals surface area contributed by atoms with Crippen molar-refractivity contribution in [1.29, 1.82) is 0 Å². The topological polar surface area (TPSA) is 74.6 Å². The largest absolute Gasteiger partial charge is 0.481 e. The SMILES string of the molecule is O=C(O)/C=C(\CC(=O)O)c1cccc(Cl)c1. The average Bonchev–Trinajstić information content (AvgIpc) is 2.15. The smallest absolute Gasteiger partial charge is 0.328 e. The van der Waals surface area contributed by atoms with Gasteiger partial charge in [0.2, 0.25) is 0 Å². The third kappa shape index (κ3) is 3.74. The van der Waals surface area contributed by atoms with Crippen molar-refractivity contribution in [2.24, 2.45) is 0 Å². The lowest BCUT2D eigenvalue weighted by atomic mass is 10.0. The van der Waals surface area contributed by atoms with E-state index in [1.807, 2.05) is 0 Å². The average molecular weight is 241 g/mol. The van der Waals surface area contributed by atoms with E-state index in [2.05, 4.69) is 0 Å². The first-order chi connectivity index (χ1) is 7.49. The van der Waals surface area contributed by atoms with E-state index in [0.717, 1.165) is 6.08 Å². The van der Waals surface area contributed by atoms with E-state index in [4.69, 9.17) is 21.8 Å². The molecule has 1 rings (SSSR count). The lowest BCUT2D eigenvalue weighted by molar-refractivity contribution is -0.135. The first-order valence-electron chi connectivity index (χ1n) is 4.40. The van der Waals surface area contributed by atoms with Crippen LogP contribution in [-0.4, -0.2) is 22.2 Å². The van der Waals surface area contributed by atoms with Gasteiger partial charge in [0.05, 0.1) is 6.42 Å². The second-order valence-corrected chi connectivity index (χ2v) is 3.53. The summed E-state index contributed by atoms with van der Waals surface area (Å²) in [6, 6.07) is 6.41.